The molecular formula is C10H22N2O. The van der Waals surface area contributed by atoms with E-state index < -0.39 is 0 Å². The van der Waals surface area contributed by atoms with Gasteiger partial charge in [0.1, 0.15) is 5.60 Å². The molecule has 1 unspecified atom stereocenters. The average Bonchev–Trinajstić information content (AvgIpc) is 1.81. The highest BCUT2D eigenvalue weighted by molar-refractivity contribution is 5.70. The smallest absolute Gasteiger partial charge is 0.282 e. The normalized spacial score (nSPS) is 13.6. The molecule has 0 amide bonds. The van der Waals surface area contributed by atoms with Crippen LogP contribution in [0.4, 0.5) is 0 Å². The fourth-order valence-electron chi connectivity index (χ4n) is 1.06. The Bertz CT molecular complexity index is 161. The zero-order valence-electron chi connectivity index (χ0n) is 9.40. The molecule has 0 aromatic carbocycles. The maximum atomic E-state index is 7.52. The standard InChI is InChI=1S/C10H22N2O/c1-6-7-8(2)12-9(11)13-10(3,4)5/h8H,6-7H2,1-5H3,(H2,11,12). The molecule has 3 nitrogen and oxygen atoms in total. The second-order valence-electron chi connectivity index (χ2n) is 4.38. The molecule has 2 N–H and O–H groups in total. The summed E-state index contributed by atoms with van der Waals surface area (Å²) in [5.74, 6) is 0. The van der Waals surface area contributed by atoms with E-state index in [1.807, 2.05) is 20.8 Å². The topological polar surface area (TPSA) is 45.1 Å². The van der Waals surface area contributed by atoms with E-state index in [9.17, 15) is 0 Å². The summed E-state index contributed by atoms with van der Waals surface area (Å²) in [4.78, 5) is 0. The Balaban J connectivity index is 3.74. The van der Waals surface area contributed by atoms with E-state index in [0.717, 1.165) is 12.8 Å². The summed E-state index contributed by atoms with van der Waals surface area (Å²) in [6, 6.07) is 0.494. The van der Waals surface area contributed by atoms with Crippen LogP contribution in [-0.2, 0) is 4.74 Å². The molecule has 0 rings (SSSR count). The van der Waals surface area contributed by atoms with Crippen LogP contribution in [0.15, 0.2) is 0 Å². The third-order valence-electron chi connectivity index (χ3n) is 1.51. The number of nitrogens with one attached hydrogen (secondary N) is 2. The first-order chi connectivity index (χ1) is 5.85. The van der Waals surface area contributed by atoms with Gasteiger partial charge in [-0.1, -0.05) is 13.3 Å². The Kier molecular flexibility index (Phi) is 4.81. The van der Waals surface area contributed by atoms with Gasteiger partial charge in [-0.05, 0) is 34.1 Å². The van der Waals surface area contributed by atoms with Crippen LogP contribution in [0.1, 0.15) is 47.5 Å². The molecule has 0 fully saturated rings. The van der Waals surface area contributed by atoms with Gasteiger partial charge in [-0.25, -0.2) is 0 Å². The van der Waals surface area contributed by atoms with Crippen LogP contribution in [0.3, 0.4) is 0 Å². The maximum Gasteiger partial charge on any atom is 0.282 e. The first-order valence-corrected chi connectivity index (χ1v) is 4.89. The first kappa shape index (κ1) is 12.3. The van der Waals surface area contributed by atoms with Crippen molar-refractivity contribution < 1.29 is 4.74 Å². The molecule has 0 aliphatic carbocycles. The van der Waals surface area contributed by atoms with Gasteiger partial charge in [-0.2, -0.15) is 0 Å². The van der Waals surface area contributed by atoms with E-state index in [-0.39, 0.29) is 11.6 Å². The van der Waals surface area contributed by atoms with Gasteiger partial charge in [0.2, 0.25) is 0 Å². The van der Waals surface area contributed by atoms with Crippen molar-refractivity contribution >= 4 is 6.02 Å². The van der Waals surface area contributed by atoms with Gasteiger partial charge in [0.25, 0.3) is 6.02 Å². The molecule has 0 aliphatic rings. The highest BCUT2D eigenvalue weighted by atomic mass is 16.5. The minimum absolute atomic E-state index is 0.174. The quantitative estimate of drug-likeness (QED) is 0.525. The van der Waals surface area contributed by atoms with Crippen molar-refractivity contribution in [2.24, 2.45) is 0 Å². The van der Waals surface area contributed by atoms with Crippen LogP contribution in [0.25, 0.3) is 0 Å². The molecule has 0 saturated heterocycles. The van der Waals surface area contributed by atoms with Crippen molar-refractivity contribution in [2.45, 2.75) is 59.1 Å². The number of ether oxygens (including phenoxy) is 1. The Morgan fingerprint density at radius 3 is 2.38 bits per heavy atom. The number of hydrogen-bond donors (Lipinski definition) is 2. The lowest BCUT2D eigenvalue weighted by Gasteiger charge is -2.23. The lowest BCUT2D eigenvalue weighted by molar-refractivity contribution is 0.105. The molecule has 0 heterocycles. The van der Waals surface area contributed by atoms with E-state index in [1.165, 1.54) is 0 Å². The molecule has 1 atom stereocenters. The van der Waals surface area contributed by atoms with E-state index >= 15 is 0 Å². The number of amidine groups is 1. The molecule has 3 heteroatoms. The summed E-state index contributed by atoms with van der Waals surface area (Å²) in [6.07, 6.45) is 2.19. The van der Waals surface area contributed by atoms with Crippen LogP contribution in [-0.4, -0.2) is 17.7 Å². The van der Waals surface area contributed by atoms with Crippen LogP contribution in [0, 0.1) is 5.41 Å². The summed E-state index contributed by atoms with van der Waals surface area (Å²) >= 11 is 0. The second kappa shape index (κ2) is 5.10. The van der Waals surface area contributed by atoms with Crippen LogP contribution in [0.2, 0.25) is 0 Å². The monoisotopic (exact) mass is 186 g/mol. The van der Waals surface area contributed by atoms with Crippen molar-refractivity contribution in [1.82, 2.24) is 5.32 Å². The van der Waals surface area contributed by atoms with Crippen LogP contribution in [0.5, 0.6) is 0 Å². The second-order valence-corrected chi connectivity index (χ2v) is 4.38. The summed E-state index contributed by atoms with van der Waals surface area (Å²) in [5.41, 5.74) is -0.282. The summed E-state index contributed by atoms with van der Waals surface area (Å²) in [7, 11) is 0. The van der Waals surface area contributed by atoms with Gasteiger partial charge >= 0.3 is 0 Å². The Morgan fingerprint density at radius 2 is 2.00 bits per heavy atom. The third-order valence-corrected chi connectivity index (χ3v) is 1.51. The fourth-order valence-corrected chi connectivity index (χ4v) is 1.06. The summed E-state index contributed by atoms with van der Waals surface area (Å²) in [6.45, 7) is 10.0. The molecular weight excluding hydrogens is 164 g/mol. The average molecular weight is 186 g/mol. The van der Waals surface area contributed by atoms with Gasteiger partial charge in [0.05, 0.1) is 0 Å². The van der Waals surface area contributed by atoms with E-state index in [0.29, 0.717) is 6.04 Å². The Hall–Kier alpha value is -0.730. The molecule has 0 saturated carbocycles. The van der Waals surface area contributed by atoms with E-state index in [1.54, 1.807) is 0 Å². The predicted octanol–water partition coefficient (Wildman–Crippen LogP) is 2.51. The highest BCUT2D eigenvalue weighted by Gasteiger charge is 2.14. The van der Waals surface area contributed by atoms with Gasteiger partial charge in [-0.3, -0.25) is 5.41 Å². The Morgan fingerprint density at radius 1 is 1.46 bits per heavy atom. The molecule has 0 spiro atoms. The summed E-state index contributed by atoms with van der Waals surface area (Å²) in [5, 5.41) is 10.5. The fraction of sp³-hybridized carbons (Fsp3) is 0.900. The zero-order valence-corrected chi connectivity index (χ0v) is 9.40. The van der Waals surface area contributed by atoms with Crippen molar-refractivity contribution in [3.8, 4) is 0 Å². The summed E-state index contributed by atoms with van der Waals surface area (Å²) < 4.78 is 5.33. The predicted molar refractivity (Wildman–Crippen MR) is 56.1 cm³/mol. The lowest BCUT2D eigenvalue weighted by atomic mass is 10.2. The minimum atomic E-state index is -0.282. The van der Waals surface area contributed by atoms with Gasteiger partial charge in [-0.15, -0.1) is 0 Å². The Labute approximate surface area is 81.4 Å². The molecule has 0 aliphatic heterocycles. The van der Waals surface area contributed by atoms with Gasteiger partial charge in [0, 0.05) is 6.04 Å². The van der Waals surface area contributed by atoms with Crippen molar-refractivity contribution in [3.05, 3.63) is 0 Å². The van der Waals surface area contributed by atoms with E-state index in [2.05, 4.69) is 19.2 Å². The molecule has 0 aromatic heterocycles. The minimum Gasteiger partial charge on any atom is -0.460 e. The highest BCUT2D eigenvalue weighted by Crippen LogP contribution is 2.06. The molecule has 0 bridgehead atoms. The molecule has 78 valence electrons. The van der Waals surface area contributed by atoms with Gasteiger partial charge < -0.3 is 10.1 Å². The largest absolute Gasteiger partial charge is 0.460 e. The van der Waals surface area contributed by atoms with Crippen LogP contribution < -0.4 is 5.32 Å². The third kappa shape index (κ3) is 7.62. The molecule has 0 radical (unpaired) electrons. The zero-order chi connectivity index (χ0) is 10.5. The van der Waals surface area contributed by atoms with Crippen molar-refractivity contribution in [2.75, 3.05) is 0 Å². The maximum absolute atomic E-state index is 7.52. The van der Waals surface area contributed by atoms with Crippen molar-refractivity contribution in [3.63, 3.8) is 0 Å². The number of rotatable bonds is 3. The lowest BCUT2D eigenvalue weighted by Crippen LogP contribution is -2.38. The van der Waals surface area contributed by atoms with Crippen LogP contribution >= 0.6 is 0 Å². The van der Waals surface area contributed by atoms with Crippen molar-refractivity contribution in [1.29, 1.82) is 5.41 Å². The number of hydrogen-bond acceptors (Lipinski definition) is 2. The molecule has 0 aromatic rings. The first-order valence-electron chi connectivity index (χ1n) is 4.89. The van der Waals surface area contributed by atoms with E-state index in [4.69, 9.17) is 10.1 Å². The van der Waals surface area contributed by atoms with Gasteiger partial charge in [0.15, 0.2) is 0 Å². The molecule has 13 heavy (non-hydrogen) atoms. The SMILES string of the molecule is CCCC(C)NC(=N)OC(C)(C)C.